The first-order valence-electron chi connectivity index (χ1n) is 8.12. The Morgan fingerprint density at radius 1 is 0.963 bits per heavy atom. The first-order valence-corrected chi connectivity index (χ1v) is 8.12. The molecule has 0 aliphatic heterocycles. The molecular weight excluding hydrogens is 451 g/mol. The Morgan fingerprint density at radius 2 is 1.67 bits per heavy atom. The van der Waals surface area contributed by atoms with Gasteiger partial charge in [0, 0.05) is 11.8 Å². The monoisotopic (exact) mass is 470 g/mol. The quantitative estimate of drug-likeness (QED) is 0.316. The van der Waals surface area contributed by atoms with Gasteiger partial charge in [-0.25, -0.2) is 4.99 Å². The lowest BCUT2D eigenvalue weighted by Gasteiger charge is -2.09. The SMILES string of the molecule is I.N#Cc1ccc(CN=C(N)Nc2cccc(Oc3ccccc3)c2)cc1. The highest BCUT2D eigenvalue weighted by molar-refractivity contribution is 14.0. The van der Waals surface area contributed by atoms with E-state index in [1.165, 1.54) is 0 Å². The number of rotatable bonds is 5. The lowest BCUT2D eigenvalue weighted by molar-refractivity contribution is 0.483. The van der Waals surface area contributed by atoms with Gasteiger partial charge in [0.05, 0.1) is 18.2 Å². The molecule has 0 heterocycles. The van der Waals surface area contributed by atoms with Crippen LogP contribution in [0.2, 0.25) is 0 Å². The summed E-state index contributed by atoms with van der Waals surface area (Å²) in [5, 5.41) is 11.9. The van der Waals surface area contributed by atoms with Crippen LogP contribution >= 0.6 is 24.0 Å². The topological polar surface area (TPSA) is 83.4 Å². The van der Waals surface area contributed by atoms with Gasteiger partial charge in [0.1, 0.15) is 11.5 Å². The Morgan fingerprint density at radius 3 is 2.37 bits per heavy atom. The van der Waals surface area contributed by atoms with Crippen molar-refractivity contribution < 1.29 is 4.74 Å². The number of aliphatic imine (C=N–C) groups is 1. The van der Waals surface area contributed by atoms with Crippen molar-refractivity contribution in [3.63, 3.8) is 0 Å². The second-order valence-corrected chi connectivity index (χ2v) is 5.58. The predicted molar refractivity (Wildman–Crippen MR) is 118 cm³/mol. The summed E-state index contributed by atoms with van der Waals surface area (Å²) in [6.07, 6.45) is 0. The Balaban J connectivity index is 0.00000261. The summed E-state index contributed by atoms with van der Waals surface area (Å²) < 4.78 is 5.80. The maximum atomic E-state index is 8.81. The summed E-state index contributed by atoms with van der Waals surface area (Å²) in [7, 11) is 0. The van der Waals surface area contributed by atoms with Crippen molar-refractivity contribution in [3.8, 4) is 17.6 Å². The molecule has 0 unspecified atom stereocenters. The van der Waals surface area contributed by atoms with E-state index in [9.17, 15) is 0 Å². The number of anilines is 1. The highest BCUT2D eigenvalue weighted by Gasteiger charge is 2.00. The number of nitrogens with two attached hydrogens (primary N) is 1. The minimum absolute atomic E-state index is 0. The summed E-state index contributed by atoms with van der Waals surface area (Å²) >= 11 is 0. The van der Waals surface area contributed by atoms with Crippen LogP contribution in [0.15, 0.2) is 83.9 Å². The van der Waals surface area contributed by atoms with Crippen LogP contribution in [0.25, 0.3) is 0 Å². The number of hydrogen-bond acceptors (Lipinski definition) is 3. The molecule has 0 saturated heterocycles. The van der Waals surface area contributed by atoms with E-state index in [-0.39, 0.29) is 24.0 Å². The van der Waals surface area contributed by atoms with Crippen LogP contribution in [0.5, 0.6) is 11.5 Å². The van der Waals surface area contributed by atoms with Crippen LogP contribution in [0.4, 0.5) is 5.69 Å². The standard InChI is InChI=1S/C21H18N4O.HI/c22-14-16-9-11-17(12-10-16)15-24-21(23)25-18-5-4-8-20(13-18)26-19-6-2-1-3-7-19;/h1-13H,15H2,(H3,23,24,25);1H. The number of nitriles is 1. The number of halogens is 1. The third-order valence-electron chi connectivity index (χ3n) is 3.60. The molecular formula is C21H19IN4O. The molecule has 3 rings (SSSR count). The van der Waals surface area contributed by atoms with E-state index in [1.54, 1.807) is 12.1 Å². The molecule has 0 atom stereocenters. The van der Waals surface area contributed by atoms with Crippen molar-refractivity contribution in [1.29, 1.82) is 5.26 Å². The number of nitrogens with one attached hydrogen (secondary N) is 1. The Kier molecular flexibility index (Phi) is 7.64. The number of benzene rings is 3. The van der Waals surface area contributed by atoms with E-state index in [2.05, 4.69) is 16.4 Å². The zero-order valence-corrected chi connectivity index (χ0v) is 16.8. The summed E-state index contributed by atoms with van der Waals surface area (Å²) in [6.45, 7) is 0.435. The zero-order valence-electron chi connectivity index (χ0n) is 14.5. The molecule has 5 nitrogen and oxygen atoms in total. The van der Waals surface area contributed by atoms with Crippen LogP contribution < -0.4 is 15.8 Å². The van der Waals surface area contributed by atoms with E-state index in [1.807, 2.05) is 66.7 Å². The van der Waals surface area contributed by atoms with Gasteiger partial charge in [-0.05, 0) is 42.0 Å². The molecule has 0 aliphatic carbocycles. The third kappa shape index (κ3) is 6.31. The molecule has 0 saturated carbocycles. The molecule has 0 fully saturated rings. The molecule has 3 aromatic rings. The van der Waals surface area contributed by atoms with Crippen LogP contribution in [0, 0.1) is 11.3 Å². The van der Waals surface area contributed by atoms with Gasteiger partial charge < -0.3 is 15.8 Å². The maximum Gasteiger partial charge on any atom is 0.193 e. The summed E-state index contributed by atoms with van der Waals surface area (Å²) in [5.41, 5.74) is 8.35. The van der Waals surface area contributed by atoms with E-state index in [0.717, 1.165) is 17.0 Å². The van der Waals surface area contributed by atoms with E-state index in [0.29, 0.717) is 23.8 Å². The largest absolute Gasteiger partial charge is 0.457 e. The molecule has 0 radical (unpaired) electrons. The first-order chi connectivity index (χ1) is 12.7. The fourth-order valence-electron chi connectivity index (χ4n) is 2.31. The van der Waals surface area contributed by atoms with Gasteiger partial charge in [0.15, 0.2) is 5.96 Å². The number of nitrogens with zero attached hydrogens (tertiary/aromatic N) is 2. The molecule has 0 amide bonds. The fraction of sp³-hybridized carbons (Fsp3) is 0.0476. The number of para-hydroxylation sites is 1. The molecule has 0 aliphatic rings. The summed E-state index contributed by atoms with van der Waals surface area (Å²) in [4.78, 5) is 4.32. The number of ether oxygens (including phenoxy) is 1. The van der Waals surface area contributed by atoms with Crippen LogP contribution in [0.1, 0.15) is 11.1 Å². The Labute approximate surface area is 175 Å². The Hall–Kier alpha value is -3.05. The van der Waals surface area contributed by atoms with E-state index in [4.69, 9.17) is 15.7 Å². The van der Waals surface area contributed by atoms with Crippen molar-refractivity contribution in [2.75, 3.05) is 5.32 Å². The smallest absolute Gasteiger partial charge is 0.193 e. The molecule has 6 heteroatoms. The third-order valence-corrected chi connectivity index (χ3v) is 3.60. The first kappa shape index (κ1) is 20.3. The number of guanidine groups is 1. The highest BCUT2D eigenvalue weighted by Crippen LogP contribution is 2.23. The van der Waals surface area contributed by atoms with Crippen molar-refractivity contribution in [3.05, 3.63) is 90.0 Å². The molecule has 0 spiro atoms. The van der Waals surface area contributed by atoms with E-state index < -0.39 is 0 Å². The molecule has 0 aromatic heterocycles. The van der Waals surface area contributed by atoms with Crippen LogP contribution in [0.3, 0.4) is 0 Å². The van der Waals surface area contributed by atoms with Gasteiger partial charge in [-0.1, -0.05) is 36.4 Å². The number of hydrogen-bond donors (Lipinski definition) is 2. The van der Waals surface area contributed by atoms with Crippen molar-refractivity contribution in [1.82, 2.24) is 0 Å². The summed E-state index contributed by atoms with van der Waals surface area (Å²) in [6, 6.07) is 26.4. The molecule has 136 valence electrons. The minimum Gasteiger partial charge on any atom is -0.457 e. The normalized spacial score (nSPS) is 10.4. The second-order valence-electron chi connectivity index (χ2n) is 5.58. The fourth-order valence-corrected chi connectivity index (χ4v) is 2.31. The average Bonchev–Trinajstić information content (AvgIpc) is 2.68. The van der Waals surface area contributed by atoms with Gasteiger partial charge in [-0.3, -0.25) is 0 Å². The van der Waals surface area contributed by atoms with Crippen molar-refractivity contribution in [2.45, 2.75) is 6.54 Å². The highest BCUT2D eigenvalue weighted by atomic mass is 127. The lowest BCUT2D eigenvalue weighted by atomic mass is 10.1. The second kappa shape index (κ2) is 10.2. The zero-order chi connectivity index (χ0) is 18.2. The van der Waals surface area contributed by atoms with Crippen molar-refractivity contribution in [2.24, 2.45) is 10.7 Å². The van der Waals surface area contributed by atoms with Crippen LogP contribution in [-0.2, 0) is 6.54 Å². The maximum absolute atomic E-state index is 8.81. The molecule has 27 heavy (non-hydrogen) atoms. The average molecular weight is 470 g/mol. The molecule has 0 bridgehead atoms. The van der Waals surface area contributed by atoms with Crippen molar-refractivity contribution >= 4 is 35.6 Å². The van der Waals surface area contributed by atoms with Gasteiger partial charge in [-0.2, -0.15) is 5.26 Å². The van der Waals surface area contributed by atoms with Gasteiger partial charge in [0.25, 0.3) is 0 Å². The Bertz CT molecular complexity index is 934. The van der Waals surface area contributed by atoms with Gasteiger partial charge in [-0.15, -0.1) is 24.0 Å². The lowest BCUT2D eigenvalue weighted by Crippen LogP contribution is -2.22. The molecule has 3 aromatic carbocycles. The predicted octanol–water partition coefficient (Wildman–Crippen LogP) is 4.90. The van der Waals surface area contributed by atoms with Gasteiger partial charge >= 0.3 is 0 Å². The van der Waals surface area contributed by atoms with E-state index >= 15 is 0 Å². The van der Waals surface area contributed by atoms with Gasteiger partial charge in [0.2, 0.25) is 0 Å². The summed E-state index contributed by atoms with van der Waals surface area (Å²) in [5.74, 6) is 1.79. The van der Waals surface area contributed by atoms with Crippen LogP contribution in [-0.4, -0.2) is 5.96 Å². The minimum atomic E-state index is 0. The molecule has 3 N–H and O–H groups in total.